The van der Waals surface area contributed by atoms with E-state index in [1.807, 2.05) is 0 Å². The molecule has 1 rings (SSSR count). The first kappa shape index (κ1) is 8.20. The van der Waals surface area contributed by atoms with Crippen molar-refractivity contribution in [2.75, 3.05) is 0 Å². The number of rotatable bonds is 2. The zero-order valence-electron chi connectivity index (χ0n) is 6.55. The fourth-order valence-electron chi connectivity index (χ4n) is 1.70. The maximum absolute atomic E-state index is 10.5. The molecule has 1 nitrogen and oxygen atoms in total. The molecule has 58 valence electrons. The van der Waals surface area contributed by atoms with Crippen molar-refractivity contribution in [3.05, 3.63) is 0 Å². The van der Waals surface area contributed by atoms with Crippen LogP contribution in [0.1, 0.15) is 39.0 Å². The van der Waals surface area contributed by atoms with Crippen LogP contribution in [-0.4, -0.2) is 5.66 Å². The molecule has 1 fully saturated rings. The standard InChI is InChI=1S/C8H15OP/c1-7(10-9)8-5-3-2-4-6-8/h7-8H,2-6H2,1H3. The molecule has 1 aliphatic carbocycles. The van der Waals surface area contributed by atoms with E-state index >= 15 is 0 Å². The Morgan fingerprint density at radius 2 is 1.90 bits per heavy atom. The van der Waals surface area contributed by atoms with Crippen LogP contribution < -0.4 is 0 Å². The summed E-state index contributed by atoms with van der Waals surface area (Å²) < 4.78 is 10.5. The molecule has 0 heterocycles. The molecule has 1 aliphatic rings. The summed E-state index contributed by atoms with van der Waals surface area (Å²) in [7, 11) is 0.347. The molecule has 0 aromatic carbocycles. The number of hydrogen-bond donors (Lipinski definition) is 0. The van der Waals surface area contributed by atoms with Gasteiger partial charge in [0.2, 0.25) is 0 Å². The van der Waals surface area contributed by atoms with E-state index in [1.54, 1.807) is 0 Å². The van der Waals surface area contributed by atoms with E-state index in [-0.39, 0.29) is 0 Å². The van der Waals surface area contributed by atoms with Crippen LogP contribution in [0.2, 0.25) is 0 Å². The SMILES string of the molecule is CC(P=O)C1CCCCC1. The monoisotopic (exact) mass is 158 g/mol. The molecule has 10 heavy (non-hydrogen) atoms. The van der Waals surface area contributed by atoms with Gasteiger partial charge in [-0.3, -0.25) is 4.57 Å². The Hall–Kier alpha value is 0.100. The lowest BCUT2D eigenvalue weighted by molar-refractivity contribution is 0.352. The van der Waals surface area contributed by atoms with E-state index < -0.39 is 0 Å². The molecule has 2 heteroatoms. The average Bonchev–Trinajstić information content (AvgIpc) is 2.05. The fourth-order valence-corrected chi connectivity index (χ4v) is 2.17. The van der Waals surface area contributed by atoms with Crippen molar-refractivity contribution in [2.24, 2.45) is 5.92 Å². The van der Waals surface area contributed by atoms with Gasteiger partial charge in [-0.2, -0.15) is 0 Å². The second-order valence-electron chi connectivity index (χ2n) is 3.24. The van der Waals surface area contributed by atoms with Gasteiger partial charge in [-0.1, -0.05) is 26.2 Å². The lowest BCUT2D eigenvalue weighted by Gasteiger charge is -2.23. The van der Waals surface area contributed by atoms with E-state index in [9.17, 15) is 4.57 Å². The smallest absolute Gasteiger partial charge is 0.158 e. The molecule has 1 saturated carbocycles. The summed E-state index contributed by atoms with van der Waals surface area (Å²) >= 11 is 0. The van der Waals surface area contributed by atoms with Crippen LogP contribution in [0, 0.1) is 5.92 Å². The molecule has 0 saturated heterocycles. The Morgan fingerprint density at radius 3 is 2.40 bits per heavy atom. The largest absolute Gasteiger partial charge is 0.275 e. The van der Waals surface area contributed by atoms with Gasteiger partial charge < -0.3 is 0 Å². The van der Waals surface area contributed by atoms with Crippen molar-refractivity contribution < 1.29 is 4.57 Å². The lowest BCUT2D eigenvalue weighted by atomic mass is 9.87. The van der Waals surface area contributed by atoms with Crippen LogP contribution in [0.3, 0.4) is 0 Å². The van der Waals surface area contributed by atoms with Gasteiger partial charge in [0, 0.05) is 5.66 Å². The first-order valence-electron chi connectivity index (χ1n) is 4.17. The summed E-state index contributed by atoms with van der Waals surface area (Å²) in [6.07, 6.45) is 6.70. The van der Waals surface area contributed by atoms with Crippen LogP contribution in [0.4, 0.5) is 0 Å². The molecular formula is C8H15OP. The van der Waals surface area contributed by atoms with E-state index in [2.05, 4.69) is 6.92 Å². The summed E-state index contributed by atoms with van der Waals surface area (Å²) in [5.74, 6) is 0.743. The summed E-state index contributed by atoms with van der Waals surface area (Å²) in [4.78, 5) is 0. The summed E-state index contributed by atoms with van der Waals surface area (Å²) in [5, 5.41) is 0. The Kier molecular flexibility index (Phi) is 3.34. The van der Waals surface area contributed by atoms with Gasteiger partial charge in [0.05, 0.1) is 0 Å². The Balaban J connectivity index is 2.30. The zero-order chi connectivity index (χ0) is 7.40. The van der Waals surface area contributed by atoms with Gasteiger partial charge >= 0.3 is 0 Å². The van der Waals surface area contributed by atoms with Crippen molar-refractivity contribution in [1.82, 2.24) is 0 Å². The van der Waals surface area contributed by atoms with E-state index in [0.29, 0.717) is 14.1 Å². The van der Waals surface area contributed by atoms with E-state index in [1.165, 1.54) is 32.1 Å². The summed E-state index contributed by atoms with van der Waals surface area (Å²) in [5.41, 5.74) is 0.403. The average molecular weight is 158 g/mol. The molecule has 0 aliphatic heterocycles. The van der Waals surface area contributed by atoms with Gasteiger partial charge in [-0.05, 0) is 18.8 Å². The first-order valence-corrected chi connectivity index (χ1v) is 5.05. The third-order valence-electron chi connectivity index (χ3n) is 2.50. The highest BCUT2D eigenvalue weighted by Crippen LogP contribution is 2.31. The van der Waals surface area contributed by atoms with E-state index in [0.717, 1.165) is 5.92 Å². The van der Waals surface area contributed by atoms with Crippen molar-refractivity contribution in [3.63, 3.8) is 0 Å². The summed E-state index contributed by atoms with van der Waals surface area (Å²) in [6.45, 7) is 2.09. The van der Waals surface area contributed by atoms with Crippen molar-refractivity contribution in [3.8, 4) is 0 Å². The Bertz CT molecular complexity index is 108. The quantitative estimate of drug-likeness (QED) is 0.564. The predicted octanol–water partition coefficient (Wildman–Crippen LogP) is 3.25. The summed E-state index contributed by atoms with van der Waals surface area (Å²) in [6, 6.07) is 0. The topological polar surface area (TPSA) is 17.1 Å². The maximum Gasteiger partial charge on any atom is 0.158 e. The third kappa shape index (κ3) is 2.05. The van der Waals surface area contributed by atoms with Crippen LogP contribution in [0.5, 0.6) is 0 Å². The van der Waals surface area contributed by atoms with Crippen LogP contribution in [-0.2, 0) is 4.57 Å². The minimum atomic E-state index is 0.347. The normalized spacial score (nSPS) is 24.9. The van der Waals surface area contributed by atoms with Crippen molar-refractivity contribution in [2.45, 2.75) is 44.7 Å². The zero-order valence-corrected chi connectivity index (χ0v) is 7.44. The van der Waals surface area contributed by atoms with Crippen LogP contribution in [0.25, 0.3) is 0 Å². The minimum absolute atomic E-state index is 0.347. The molecule has 0 bridgehead atoms. The first-order chi connectivity index (χ1) is 4.84. The Morgan fingerprint density at radius 1 is 1.30 bits per heavy atom. The van der Waals surface area contributed by atoms with Gasteiger partial charge in [0.1, 0.15) is 0 Å². The highest BCUT2D eigenvalue weighted by Gasteiger charge is 2.19. The lowest BCUT2D eigenvalue weighted by Crippen LogP contribution is -2.14. The van der Waals surface area contributed by atoms with Gasteiger partial charge in [0.15, 0.2) is 8.46 Å². The molecule has 0 amide bonds. The van der Waals surface area contributed by atoms with Crippen molar-refractivity contribution in [1.29, 1.82) is 0 Å². The van der Waals surface area contributed by atoms with Crippen LogP contribution in [0.15, 0.2) is 0 Å². The highest BCUT2D eigenvalue weighted by molar-refractivity contribution is 7.24. The molecule has 1 unspecified atom stereocenters. The second kappa shape index (κ2) is 4.08. The minimum Gasteiger partial charge on any atom is -0.275 e. The van der Waals surface area contributed by atoms with Gasteiger partial charge in [-0.25, -0.2) is 0 Å². The molecule has 0 spiro atoms. The van der Waals surface area contributed by atoms with Gasteiger partial charge in [0.25, 0.3) is 0 Å². The van der Waals surface area contributed by atoms with E-state index in [4.69, 9.17) is 0 Å². The third-order valence-corrected chi connectivity index (χ3v) is 3.25. The Labute approximate surface area is 64.4 Å². The fraction of sp³-hybridized carbons (Fsp3) is 1.00. The maximum atomic E-state index is 10.5. The second-order valence-corrected chi connectivity index (χ2v) is 4.27. The number of hydrogen-bond acceptors (Lipinski definition) is 1. The molecule has 0 radical (unpaired) electrons. The van der Waals surface area contributed by atoms with Crippen molar-refractivity contribution >= 4 is 8.46 Å². The molecule has 0 N–H and O–H groups in total. The van der Waals surface area contributed by atoms with Crippen LogP contribution >= 0.6 is 8.46 Å². The molecular weight excluding hydrogens is 143 g/mol. The van der Waals surface area contributed by atoms with Gasteiger partial charge in [-0.15, -0.1) is 0 Å². The molecule has 0 aromatic heterocycles. The molecule has 0 aromatic rings. The highest BCUT2D eigenvalue weighted by atomic mass is 31.1. The molecule has 1 atom stereocenters. The predicted molar refractivity (Wildman–Crippen MR) is 43.6 cm³/mol.